The summed E-state index contributed by atoms with van der Waals surface area (Å²) in [7, 11) is 2.40. The number of aliphatic hydroxyl groups excluding tert-OH is 1. The van der Waals surface area contributed by atoms with Crippen molar-refractivity contribution >= 4 is 28.5 Å². The Labute approximate surface area is 201 Å². The lowest BCUT2D eigenvalue weighted by Crippen LogP contribution is -2.40. The smallest absolute Gasteiger partial charge is 0.355 e. The van der Waals surface area contributed by atoms with E-state index in [4.69, 9.17) is 15.2 Å². The number of carbonyl (C=O) groups excluding carboxylic acids is 2. The number of anilines is 1. The number of aromatic nitrogens is 2. The molecule has 1 aliphatic heterocycles. The summed E-state index contributed by atoms with van der Waals surface area (Å²) >= 11 is 0. The summed E-state index contributed by atoms with van der Waals surface area (Å²) in [4.78, 5) is 27.5. The second-order valence-corrected chi connectivity index (χ2v) is 7.69. The minimum absolute atomic E-state index is 0.0171. The molecule has 3 aromatic rings. The molecule has 4 rings (SSSR count). The molecule has 3 N–H and O–H groups in total. The number of hydrogen-bond donors (Lipinski definition) is 2. The molecule has 0 bridgehead atoms. The number of rotatable bonds is 6. The van der Waals surface area contributed by atoms with E-state index in [-0.39, 0.29) is 29.3 Å². The van der Waals surface area contributed by atoms with Crippen LogP contribution in [0.1, 0.15) is 11.5 Å². The molecular formula is C25H23N5O5. The van der Waals surface area contributed by atoms with Gasteiger partial charge in [-0.2, -0.15) is 10.4 Å². The molecule has 2 aromatic carbocycles. The second-order valence-electron chi connectivity index (χ2n) is 7.69. The van der Waals surface area contributed by atoms with Gasteiger partial charge in [-0.05, 0) is 23.8 Å². The molecule has 0 spiro atoms. The number of nitrogens with two attached hydrogens (primary N) is 1. The van der Waals surface area contributed by atoms with Crippen LogP contribution in [0.5, 0.6) is 0 Å². The number of nitrogens with zero attached hydrogens (tertiary/aromatic N) is 4. The van der Waals surface area contributed by atoms with Crippen molar-refractivity contribution in [3.63, 3.8) is 0 Å². The lowest BCUT2D eigenvalue weighted by molar-refractivity contribution is -0.139. The molecule has 35 heavy (non-hydrogen) atoms. The van der Waals surface area contributed by atoms with Crippen LogP contribution in [-0.4, -0.2) is 47.7 Å². The fourth-order valence-electron chi connectivity index (χ4n) is 4.20. The third kappa shape index (κ3) is 4.09. The Morgan fingerprint density at radius 2 is 1.86 bits per heavy atom. The Kier molecular flexibility index (Phi) is 6.53. The Morgan fingerprint density at radius 1 is 1.14 bits per heavy atom. The number of esters is 2. The van der Waals surface area contributed by atoms with Gasteiger partial charge in [0.2, 0.25) is 0 Å². The number of nitriles is 1. The van der Waals surface area contributed by atoms with E-state index in [0.29, 0.717) is 28.7 Å². The van der Waals surface area contributed by atoms with E-state index in [9.17, 15) is 20.0 Å². The summed E-state index contributed by atoms with van der Waals surface area (Å²) in [6.07, 6.45) is 1.74. The standard InChI is InChI=1S/C25H23N5O5/c1-34-24(32)21-20(15-6-4-3-5-7-15)18(13-26)23(27)30(22(21)25(33)35-2)17-8-9-19-16(12-17)14-29(28-19)10-11-31/h3-9,12,14,20,31H,10-11,27H2,1-2H3. The largest absolute Gasteiger partial charge is 0.466 e. The zero-order chi connectivity index (χ0) is 25.1. The monoisotopic (exact) mass is 473 g/mol. The number of carbonyl (C=O) groups is 2. The zero-order valence-electron chi connectivity index (χ0n) is 19.1. The van der Waals surface area contributed by atoms with Crippen LogP contribution in [0.15, 0.2) is 77.4 Å². The van der Waals surface area contributed by atoms with Gasteiger partial charge in [-0.25, -0.2) is 9.59 Å². The fourth-order valence-corrected chi connectivity index (χ4v) is 4.20. The second kappa shape index (κ2) is 9.70. The maximum absolute atomic E-state index is 13.1. The van der Waals surface area contributed by atoms with Gasteiger partial charge < -0.3 is 20.3 Å². The molecular weight excluding hydrogens is 450 g/mol. The predicted octanol–water partition coefficient (Wildman–Crippen LogP) is 1.93. The topological polar surface area (TPSA) is 144 Å². The van der Waals surface area contributed by atoms with Gasteiger partial charge in [0, 0.05) is 17.3 Å². The number of ether oxygens (including phenoxy) is 2. The van der Waals surface area contributed by atoms with Crippen molar-refractivity contribution in [1.29, 1.82) is 5.26 Å². The molecule has 0 aliphatic carbocycles. The van der Waals surface area contributed by atoms with Crippen LogP contribution in [0.25, 0.3) is 10.9 Å². The van der Waals surface area contributed by atoms with Gasteiger partial charge in [0.1, 0.15) is 11.5 Å². The highest BCUT2D eigenvalue weighted by Gasteiger charge is 2.43. The summed E-state index contributed by atoms with van der Waals surface area (Å²) < 4.78 is 11.7. The van der Waals surface area contributed by atoms with Crippen LogP contribution in [0.3, 0.4) is 0 Å². The number of hydrogen-bond acceptors (Lipinski definition) is 9. The maximum atomic E-state index is 13.1. The van der Waals surface area contributed by atoms with E-state index < -0.39 is 17.9 Å². The first kappa shape index (κ1) is 23.5. The van der Waals surface area contributed by atoms with E-state index in [1.165, 1.54) is 19.1 Å². The van der Waals surface area contributed by atoms with Gasteiger partial charge >= 0.3 is 11.9 Å². The molecule has 0 fully saturated rings. The first-order chi connectivity index (χ1) is 16.9. The molecule has 10 nitrogen and oxygen atoms in total. The van der Waals surface area contributed by atoms with Crippen molar-refractivity contribution in [1.82, 2.24) is 9.78 Å². The normalized spacial score (nSPS) is 15.8. The first-order valence-corrected chi connectivity index (χ1v) is 10.7. The van der Waals surface area contributed by atoms with E-state index >= 15 is 0 Å². The molecule has 1 aromatic heterocycles. The van der Waals surface area contributed by atoms with Crippen molar-refractivity contribution in [3.8, 4) is 6.07 Å². The minimum atomic E-state index is -0.935. The van der Waals surface area contributed by atoms with E-state index in [1.807, 2.05) is 0 Å². The van der Waals surface area contributed by atoms with Crippen LogP contribution >= 0.6 is 0 Å². The molecule has 0 amide bonds. The van der Waals surface area contributed by atoms with Gasteiger partial charge in [0.25, 0.3) is 0 Å². The van der Waals surface area contributed by atoms with E-state index in [2.05, 4.69) is 11.2 Å². The van der Waals surface area contributed by atoms with Gasteiger partial charge in [-0.1, -0.05) is 30.3 Å². The molecule has 1 aliphatic rings. The Hall–Kier alpha value is -4.62. The maximum Gasteiger partial charge on any atom is 0.355 e. The fraction of sp³-hybridized carbons (Fsp3) is 0.200. The molecule has 1 atom stereocenters. The molecule has 0 saturated carbocycles. The zero-order valence-corrected chi connectivity index (χ0v) is 19.1. The number of fused-ring (bicyclic) bond motifs is 1. The van der Waals surface area contributed by atoms with Gasteiger partial charge in [-0.15, -0.1) is 0 Å². The number of aliphatic hydroxyl groups is 1. The molecule has 1 unspecified atom stereocenters. The third-order valence-electron chi connectivity index (χ3n) is 5.73. The highest BCUT2D eigenvalue weighted by atomic mass is 16.5. The van der Waals surface area contributed by atoms with Crippen molar-refractivity contribution in [2.45, 2.75) is 12.5 Å². The van der Waals surface area contributed by atoms with Crippen LogP contribution in [0, 0.1) is 11.3 Å². The highest BCUT2D eigenvalue weighted by molar-refractivity contribution is 6.06. The summed E-state index contributed by atoms with van der Waals surface area (Å²) in [5, 5.41) is 24.4. The Balaban J connectivity index is 2.01. The lowest BCUT2D eigenvalue weighted by Gasteiger charge is -2.35. The summed E-state index contributed by atoms with van der Waals surface area (Å²) in [5.74, 6) is -2.56. The van der Waals surface area contributed by atoms with Gasteiger partial charge in [-0.3, -0.25) is 9.58 Å². The molecule has 0 radical (unpaired) electrons. The number of methoxy groups -OCH3 is 2. The van der Waals surface area contributed by atoms with E-state index in [1.54, 1.807) is 59.4 Å². The van der Waals surface area contributed by atoms with Crippen molar-refractivity contribution < 1.29 is 24.2 Å². The SMILES string of the molecule is COC(=O)C1=C(C(=O)OC)N(c2ccc3nn(CCO)cc3c2)C(N)=C(C#N)C1c1ccccc1. The van der Waals surface area contributed by atoms with Crippen LogP contribution in [0.4, 0.5) is 5.69 Å². The number of allylic oxidation sites excluding steroid dienone is 1. The Bertz CT molecular complexity index is 1400. The highest BCUT2D eigenvalue weighted by Crippen LogP contribution is 2.43. The predicted molar refractivity (Wildman–Crippen MR) is 126 cm³/mol. The van der Waals surface area contributed by atoms with Crippen molar-refractivity contribution in [2.24, 2.45) is 5.73 Å². The first-order valence-electron chi connectivity index (χ1n) is 10.7. The summed E-state index contributed by atoms with van der Waals surface area (Å²) in [6.45, 7) is 0.236. The molecule has 10 heteroatoms. The average Bonchev–Trinajstić information content (AvgIpc) is 3.29. The third-order valence-corrected chi connectivity index (χ3v) is 5.73. The van der Waals surface area contributed by atoms with Crippen LogP contribution in [-0.2, 0) is 25.6 Å². The van der Waals surface area contributed by atoms with Crippen LogP contribution < -0.4 is 10.6 Å². The summed E-state index contributed by atoms with van der Waals surface area (Å²) in [6, 6.07) is 16.0. The minimum Gasteiger partial charge on any atom is -0.466 e. The van der Waals surface area contributed by atoms with Crippen LogP contribution in [0.2, 0.25) is 0 Å². The quantitative estimate of drug-likeness (QED) is 0.513. The molecule has 0 saturated heterocycles. The lowest BCUT2D eigenvalue weighted by atomic mass is 9.81. The van der Waals surface area contributed by atoms with Gasteiger partial charge in [0.15, 0.2) is 0 Å². The van der Waals surface area contributed by atoms with Crippen molar-refractivity contribution in [2.75, 3.05) is 25.7 Å². The van der Waals surface area contributed by atoms with E-state index in [0.717, 1.165) is 0 Å². The molecule has 178 valence electrons. The number of benzene rings is 2. The van der Waals surface area contributed by atoms with Gasteiger partial charge in [0.05, 0.1) is 56.0 Å². The average molecular weight is 473 g/mol. The van der Waals surface area contributed by atoms with Crippen molar-refractivity contribution in [3.05, 3.63) is 83.0 Å². The molecule has 2 heterocycles. The summed E-state index contributed by atoms with van der Waals surface area (Å²) in [5.41, 5.74) is 8.05. The Morgan fingerprint density at radius 3 is 2.49 bits per heavy atom.